The maximum absolute atomic E-state index is 13.1. The van der Waals surface area contributed by atoms with Crippen LogP contribution in [0.3, 0.4) is 0 Å². The highest BCUT2D eigenvalue weighted by Crippen LogP contribution is 2.20. The molecule has 0 fully saturated rings. The predicted molar refractivity (Wildman–Crippen MR) is 73.0 cm³/mol. The maximum atomic E-state index is 13.1. The van der Waals surface area contributed by atoms with Gasteiger partial charge < -0.3 is 0 Å². The molecule has 2 aromatic carbocycles. The molecule has 0 aliphatic carbocycles. The lowest BCUT2D eigenvalue weighted by molar-refractivity contribution is -0.384. The second kappa shape index (κ2) is 5.76. The Morgan fingerprint density at radius 3 is 2.50 bits per heavy atom. The molecule has 0 saturated heterocycles. The summed E-state index contributed by atoms with van der Waals surface area (Å²) in [5.41, 5.74) is 1.37. The molecule has 0 radical (unpaired) electrons. The highest BCUT2D eigenvalue weighted by molar-refractivity contribution is 5.89. The second-order valence-electron chi connectivity index (χ2n) is 4.03. The first-order chi connectivity index (χ1) is 9.60. The quantitative estimate of drug-likeness (QED) is 0.368. The number of nitriles is 1. The number of non-ortho nitro benzene ring substituents is 1. The average Bonchev–Trinajstić information content (AvgIpc) is 2.45. The van der Waals surface area contributed by atoms with Gasteiger partial charge in [-0.25, -0.2) is 4.39 Å². The van der Waals surface area contributed by atoms with Gasteiger partial charge in [0.15, 0.2) is 0 Å². The van der Waals surface area contributed by atoms with Crippen LogP contribution < -0.4 is 0 Å². The van der Waals surface area contributed by atoms with Gasteiger partial charge in [0.2, 0.25) is 0 Å². The largest absolute Gasteiger partial charge is 0.269 e. The summed E-state index contributed by atoms with van der Waals surface area (Å²) in [7, 11) is 0. The highest BCUT2D eigenvalue weighted by atomic mass is 19.1. The smallest absolute Gasteiger partial charge is 0.258 e. The summed E-state index contributed by atoms with van der Waals surface area (Å²) in [5, 5.41) is 19.7. The van der Waals surface area contributed by atoms with Gasteiger partial charge in [-0.3, -0.25) is 10.1 Å². The molecular formula is C15H9FN2O2. The monoisotopic (exact) mass is 268 g/mol. The molecule has 0 aliphatic heterocycles. The summed E-state index contributed by atoms with van der Waals surface area (Å²) < 4.78 is 13.1. The van der Waals surface area contributed by atoms with Crippen molar-refractivity contribution in [2.45, 2.75) is 0 Å². The van der Waals surface area contributed by atoms with E-state index in [9.17, 15) is 14.5 Å². The summed E-state index contributed by atoms with van der Waals surface area (Å²) >= 11 is 0. The normalized spacial score (nSPS) is 10.9. The van der Waals surface area contributed by atoms with Crippen LogP contribution >= 0.6 is 0 Å². The van der Waals surface area contributed by atoms with Gasteiger partial charge in [-0.1, -0.05) is 12.1 Å². The van der Waals surface area contributed by atoms with Crippen LogP contribution in [0.5, 0.6) is 0 Å². The number of benzene rings is 2. The van der Waals surface area contributed by atoms with E-state index in [1.807, 2.05) is 6.07 Å². The number of allylic oxidation sites excluding steroid dienone is 1. The fraction of sp³-hybridized carbons (Fsp3) is 0. The van der Waals surface area contributed by atoms with Gasteiger partial charge in [0.05, 0.1) is 16.6 Å². The summed E-state index contributed by atoms with van der Waals surface area (Å²) in [5.74, 6) is -0.424. The molecule has 20 heavy (non-hydrogen) atoms. The van der Waals surface area contributed by atoms with E-state index in [-0.39, 0.29) is 5.69 Å². The summed E-state index contributed by atoms with van der Waals surface area (Å²) in [6.45, 7) is 0. The Bertz CT molecular complexity index is 715. The average molecular weight is 268 g/mol. The number of hydrogen-bond acceptors (Lipinski definition) is 3. The van der Waals surface area contributed by atoms with E-state index in [2.05, 4.69) is 0 Å². The third-order valence-electron chi connectivity index (χ3n) is 2.67. The summed E-state index contributed by atoms with van der Waals surface area (Å²) in [6.07, 6.45) is 1.55. The third kappa shape index (κ3) is 3.06. The minimum absolute atomic E-state index is 0.0218. The van der Waals surface area contributed by atoms with E-state index in [4.69, 9.17) is 5.26 Å². The van der Waals surface area contributed by atoms with E-state index >= 15 is 0 Å². The van der Waals surface area contributed by atoms with Crippen LogP contribution in [0.15, 0.2) is 48.5 Å². The van der Waals surface area contributed by atoms with Crippen molar-refractivity contribution in [2.24, 2.45) is 0 Å². The first kappa shape index (κ1) is 13.4. The van der Waals surface area contributed by atoms with Crippen molar-refractivity contribution in [1.82, 2.24) is 0 Å². The van der Waals surface area contributed by atoms with Crippen molar-refractivity contribution in [3.8, 4) is 6.07 Å². The van der Waals surface area contributed by atoms with Crippen molar-refractivity contribution < 1.29 is 9.31 Å². The van der Waals surface area contributed by atoms with Crippen molar-refractivity contribution in [3.63, 3.8) is 0 Å². The topological polar surface area (TPSA) is 66.9 Å². The lowest BCUT2D eigenvalue weighted by atomic mass is 10.0. The lowest BCUT2D eigenvalue weighted by Gasteiger charge is -2.00. The van der Waals surface area contributed by atoms with Crippen LogP contribution in [0.4, 0.5) is 10.1 Å². The van der Waals surface area contributed by atoms with Gasteiger partial charge in [0.25, 0.3) is 5.69 Å². The number of halogens is 1. The van der Waals surface area contributed by atoms with Crippen LogP contribution in [-0.2, 0) is 0 Å². The van der Waals surface area contributed by atoms with Crippen molar-refractivity contribution in [2.75, 3.05) is 0 Å². The van der Waals surface area contributed by atoms with Gasteiger partial charge in [-0.15, -0.1) is 0 Å². The van der Waals surface area contributed by atoms with Crippen molar-refractivity contribution >= 4 is 17.3 Å². The highest BCUT2D eigenvalue weighted by Gasteiger charge is 2.05. The molecule has 0 aromatic heterocycles. The molecule has 0 bridgehead atoms. The van der Waals surface area contributed by atoms with Crippen LogP contribution in [0.25, 0.3) is 11.6 Å². The molecule has 98 valence electrons. The van der Waals surface area contributed by atoms with Gasteiger partial charge in [0.1, 0.15) is 5.82 Å². The molecule has 0 N–H and O–H groups in total. The molecule has 2 rings (SSSR count). The minimum Gasteiger partial charge on any atom is -0.258 e. The molecule has 0 spiro atoms. The summed E-state index contributed by atoms with van der Waals surface area (Å²) in [6, 6.07) is 13.5. The lowest BCUT2D eigenvalue weighted by Crippen LogP contribution is -1.87. The molecule has 0 aliphatic rings. The molecule has 0 saturated carbocycles. The summed E-state index contributed by atoms with van der Waals surface area (Å²) in [4.78, 5) is 10.1. The Kier molecular flexibility index (Phi) is 3.87. The molecule has 5 heteroatoms. The fourth-order valence-electron chi connectivity index (χ4n) is 1.70. The Morgan fingerprint density at radius 1 is 1.25 bits per heavy atom. The number of nitro benzene ring substituents is 1. The number of rotatable bonds is 3. The van der Waals surface area contributed by atoms with E-state index in [1.165, 1.54) is 42.5 Å². The first-order valence-electron chi connectivity index (χ1n) is 5.72. The first-order valence-corrected chi connectivity index (χ1v) is 5.72. The standard InChI is InChI=1S/C15H9FN2O2/c16-14-3-1-2-12(9-14)13(10-17)8-11-4-6-15(7-5-11)18(19)20/h1-9H/b13-8-. The molecular weight excluding hydrogens is 259 g/mol. The van der Waals surface area contributed by atoms with Gasteiger partial charge in [-0.2, -0.15) is 5.26 Å². The number of hydrogen-bond donors (Lipinski definition) is 0. The maximum Gasteiger partial charge on any atom is 0.269 e. The van der Waals surface area contributed by atoms with Gasteiger partial charge in [-0.05, 0) is 41.5 Å². The zero-order chi connectivity index (χ0) is 14.5. The Labute approximate surface area is 114 Å². The van der Waals surface area contributed by atoms with Crippen LogP contribution in [-0.4, -0.2) is 4.92 Å². The van der Waals surface area contributed by atoms with E-state index in [0.717, 1.165) is 0 Å². The van der Waals surface area contributed by atoms with Crippen molar-refractivity contribution in [3.05, 3.63) is 75.6 Å². The van der Waals surface area contributed by atoms with E-state index in [1.54, 1.807) is 12.1 Å². The molecule has 0 unspecified atom stereocenters. The zero-order valence-electron chi connectivity index (χ0n) is 10.3. The minimum atomic E-state index is -0.495. The Morgan fingerprint density at radius 2 is 1.95 bits per heavy atom. The van der Waals surface area contributed by atoms with Gasteiger partial charge >= 0.3 is 0 Å². The zero-order valence-corrected chi connectivity index (χ0v) is 10.3. The van der Waals surface area contributed by atoms with Crippen molar-refractivity contribution in [1.29, 1.82) is 5.26 Å². The fourth-order valence-corrected chi connectivity index (χ4v) is 1.70. The number of nitro groups is 1. The molecule has 0 atom stereocenters. The van der Waals surface area contributed by atoms with Crippen LogP contribution in [0.1, 0.15) is 11.1 Å². The molecule has 4 nitrogen and oxygen atoms in total. The van der Waals surface area contributed by atoms with Crippen LogP contribution in [0, 0.1) is 27.3 Å². The van der Waals surface area contributed by atoms with E-state index < -0.39 is 10.7 Å². The Hall–Kier alpha value is -3.00. The molecule has 0 amide bonds. The van der Waals surface area contributed by atoms with E-state index in [0.29, 0.717) is 16.7 Å². The Balaban J connectivity index is 2.37. The molecule has 2 aromatic rings. The second-order valence-corrected chi connectivity index (χ2v) is 4.03. The number of nitrogens with zero attached hydrogens (tertiary/aromatic N) is 2. The van der Waals surface area contributed by atoms with Gasteiger partial charge in [0, 0.05) is 12.1 Å². The van der Waals surface area contributed by atoms with Crippen LogP contribution in [0.2, 0.25) is 0 Å². The third-order valence-corrected chi connectivity index (χ3v) is 2.67. The SMILES string of the molecule is N#C/C(=C/c1ccc([N+](=O)[O-])cc1)c1cccc(F)c1. The molecule has 0 heterocycles. The predicted octanol–water partition coefficient (Wildman–Crippen LogP) is 3.80.